The van der Waals surface area contributed by atoms with Gasteiger partial charge in [-0.05, 0) is 18.9 Å². The van der Waals surface area contributed by atoms with Gasteiger partial charge in [-0.2, -0.15) is 0 Å². The zero-order chi connectivity index (χ0) is 7.26. The molecule has 2 heteroatoms. The summed E-state index contributed by atoms with van der Waals surface area (Å²) in [5.41, 5.74) is 1.32. The smallest absolute Gasteiger partial charge is 0.217 e. The maximum absolute atomic E-state index is 5.59. The molecule has 2 atom stereocenters. The first-order valence-corrected chi connectivity index (χ1v) is 4.07. The van der Waals surface area contributed by atoms with Crippen molar-refractivity contribution >= 4 is 0 Å². The number of pyridine rings is 1. The summed E-state index contributed by atoms with van der Waals surface area (Å²) in [6.45, 7) is 0. The molecule has 11 heavy (non-hydrogen) atoms. The van der Waals surface area contributed by atoms with E-state index in [0.717, 1.165) is 5.88 Å². The van der Waals surface area contributed by atoms with Gasteiger partial charge >= 0.3 is 0 Å². The van der Waals surface area contributed by atoms with Crippen LogP contribution < -0.4 is 4.74 Å². The molecule has 1 fully saturated rings. The fraction of sp³-hybridized carbons (Fsp3) is 0.444. The molecule has 2 nitrogen and oxygen atoms in total. The van der Waals surface area contributed by atoms with Crippen LogP contribution in [0.4, 0.5) is 0 Å². The van der Waals surface area contributed by atoms with Gasteiger partial charge in [0.2, 0.25) is 5.88 Å². The molecule has 1 saturated carbocycles. The van der Waals surface area contributed by atoms with Crippen LogP contribution in [0, 0.1) is 0 Å². The van der Waals surface area contributed by atoms with Crippen molar-refractivity contribution < 1.29 is 4.74 Å². The molecule has 1 aliphatic carbocycles. The lowest BCUT2D eigenvalue weighted by molar-refractivity contribution is 0.122. The van der Waals surface area contributed by atoms with Gasteiger partial charge in [-0.1, -0.05) is 6.07 Å². The summed E-state index contributed by atoms with van der Waals surface area (Å²) in [4.78, 5) is 4.18. The van der Waals surface area contributed by atoms with Crippen molar-refractivity contribution in [1.29, 1.82) is 0 Å². The van der Waals surface area contributed by atoms with E-state index in [2.05, 4.69) is 11.1 Å². The third-order valence-corrected chi connectivity index (χ3v) is 2.67. The Balaban J connectivity index is 2.14. The van der Waals surface area contributed by atoms with E-state index in [1.807, 2.05) is 6.07 Å². The molecule has 0 amide bonds. The van der Waals surface area contributed by atoms with Crippen LogP contribution >= 0.6 is 0 Å². The third kappa shape index (κ3) is 0.595. The van der Waals surface area contributed by atoms with E-state index in [4.69, 9.17) is 4.74 Å². The topological polar surface area (TPSA) is 22.1 Å². The predicted molar refractivity (Wildman–Crippen MR) is 40.6 cm³/mol. The van der Waals surface area contributed by atoms with Crippen LogP contribution in [0.3, 0.4) is 0 Å². The molecule has 0 bridgehead atoms. The van der Waals surface area contributed by atoms with Crippen LogP contribution in [0.5, 0.6) is 5.88 Å². The Morgan fingerprint density at radius 1 is 1.45 bits per heavy atom. The number of hydrogen-bond acceptors (Lipinski definition) is 2. The van der Waals surface area contributed by atoms with Crippen LogP contribution in [0.1, 0.15) is 24.3 Å². The average Bonchev–Trinajstić information content (AvgIpc) is 2.23. The van der Waals surface area contributed by atoms with Crippen molar-refractivity contribution in [3.63, 3.8) is 0 Å². The zero-order valence-electron chi connectivity index (χ0n) is 6.16. The fourth-order valence-corrected chi connectivity index (χ4v) is 1.89. The lowest BCUT2D eigenvalue weighted by Gasteiger charge is -2.27. The number of ether oxygens (including phenoxy) is 1. The number of rotatable bonds is 0. The highest BCUT2D eigenvalue weighted by Gasteiger charge is 2.41. The summed E-state index contributed by atoms with van der Waals surface area (Å²) in [5, 5.41) is 0. The first-order chi connectivity index (χ1) is 5.45. The van der Waals surface area contributed by atoms with Crippen molar-refractivity contribution in [1.82, 2.24) is 4.98 Å². The molecule has 2 heterocycles. The summed E-state index contributed by atoms with van der Waals surface area (Å²) in [6.07, 6.45) is 4.74. The summed E-state index contributed by atoms with van der Waals surface area (Å²) >= 11 is 0. The highest BCUT2D eigenvalue weighted by molar-refractivity contribution is 5.37. The van der Waals surface area contributed by atoms with Gasteiger partial charge in [0.25, 0.3) is 0 Å². The Kier molecular flexibility index (Phi) is 0.891. The fourth-order valence-electron chi connectivity index (χ4n) is 1.89. The monoisotopic (exact) mass is 147 g/mol. The van der Waals surface area contributed by atoms with E-state index in [-0.39, 0.29) is 0 Å². The summed E-state index contributed by atoms with van der Waals surface area (Å²) in [7, 11) is 0. The lowest BCUT2D eigenvalue weighted by Crippen LogP contribution is -2.28. The summed E-state index contributed by atoms with van der Waals surface area (Å²) in [6, 6.07) is 4.12. The predicted octanol–water partition coefficient (Wildman–Crippen LogP) is 1.72. The largest absolute Gasteiger partial charge is 0.473 e. The summed E-state index contributed by atoms with van der Waals surface area (Å²) < 4.78 is 5.59. The van der Waals surface area contributed by atoms with Gasteiger partial charge < -0.3 is 4.74 Å². The molecule has 0 radical (unpaired) electrons. The molecule has 56 valence electrons. The van der Waals surface area contributed by atoms with E-state index in [1.54, 1.807) is 6.20 Å². The van der Waals surface area contributed by atoms with Crippen molar-refractivity contribution in [2.24, 2.45) is 0 Å². The second-order valence-electron chi connectivity index (χ2n) is 3.24. The van der Waals surface area contributed by atoms with Gasteiger partial charge in [-0.15, -0.1) is 0 Å². The highest BCUT2D eigenvalue weighted by Crippen LogP contribution is 2.47. The number of fused-ring (bicyclic) bond motifs is 3. The van der Waals surface area contributed by atoms with Crippen LogP contribution in [0.2, 0.25) is 0 Å². The molecule has 1 aliphatic heterocycles. The normalized spacial score (nSPS) is 31.6. The molecule has 0 saturated heterocycles. The molecule has 1 aromatic heterocycles. The number of nitrogens with zero attached hydrogens (tertiary/aromatic N) is 1. The quantitative estimate of drug-likeness (QED) is 0.557. The van der Waals surface area contributed by atoms with Crippen LogP contribution in [-0.2, 0) is 0 Å². The van der Waals surface area contributed by atoms with Gasteiger partial charge in [0.1, 0.15) is 6.10 Å². The second-order valence-corrected chi connectivity index (χ2v) is 3.24. The molecule has 1 aromatic rings. The first-order valence-electron chi connectivity index (χ1n) is 4.07. The van der Waals surface area contributed by atoms with Gasteiger partial charge in [0.15, 0.2) is 0 Å². The molecule has 3 rings (SSSR count). The lowest BCUT2D eigenvalue weighted by atomic mass is 9.79. The molecule has 2 aliphatic rings. The van der Waals surface area contributed by atoms with Gasteiger partial charge in [0.05, 0.1) is 0 Å². The van der Waals surface area contributed by atoms with E-state index in [1.165, 1.54) is 18.4 Å². The van der Waals surface area contributed by atoms with E-state index < -0.39 is 0 Å². The molecule has 0 spiro atoms. The molecular weight excluding hydrogens is 138 g/mol. The van der Waals surface area contributed by atoms with Crippen molar-refractivity contribution in [2.45, 2.75) is 24.9 Å². The van der Waals surface area contributed by atoms with Gasteiger partial charge in [-0.25, -0.2) is 4.98 Å². The van der Waals surface area contributed by atoms with Crippen molar-refractivity contribution in [3.8, 4) is 5.88 Å². The van der Waals surface area contributed by atoms with Crippen LogP contribution in [0.15, 0.2) is 18.3 Å². The highest BCUT2D eigenvalue weighted by atomic mass is 16.5. The molecule has 0 N–H and O–H groups in total. The molecule has 0 aromatic carbocycles. The SMILES string of the molecule is c1cnc2c(c1)C1CCC1O2. The maximum Gasteiger partial charge on any atom is 0.217 e. The van der Waals surface area contributed by atoms with E-state index in [0.29, 0.717) is 12.0 Å². The summed E-state index contributed by atoms with van der Waals surface area (Å²) in [5.74, 6) is 1.54. The standard InChI is InChI=1S/C9H9NO/c1-2-7-6-3-4-8(6)11-9(7)10-5-1/h1-2,5-6,8H,3-4H2. The average molecular weight is 147 g/mol. The Labute approximate surface area is 65.2 Å². The van der Waals surface area contributed by atoms with Crippen molar-refractivity contribution in [3.05, 3.63) is 23.9 Å². The zero-order valence-corrected chi connectivity index (χ0v) is 6.16. The number of hydrogen-bond donors (Lipinski definition) is 0. The van der Waals surface area contributed by atoms with Crippen molar-refractivity contribution in [2.75, 3.05) is 0 Å². The minimum absolute atomic E-state index is 0.458. The van der Waals surface area contributed by atoms with E-state index >= 15 is 0 Å². The maximum atomic E-state index is 5.59. The van der Waals surface area contributed by atoms with Crippen LogP contribution in [0.25, 0.3) is 0 Å². The number of aromatic nitrogens is 1. The minimum Gasteiger partial charge on any atom is -0.473 e. The van der Waals surface area contributed by atoms with Gasteiger partial charge in [0, 0.05) is 17.7 Å². The van der Waals surface area contributed by atoms with E-state index in [9.17, 15) is 0 Å². The van der Waals surface area contributed by atoms with Crippen LogP contribution in [-0.4, -0.2) is 11.1 Å². The first kappa shape index (κ1) is 5.58. The molecule has 2 unspecified atom stereocenters. The Bertz CT molecular complexity index is 297. The third-order valence-electron chi connectivity index (χ3n) is 2.67. The Hall–Kier alpha value is -1.05. The Morgan fingerprint density at radius 3 is 3.27 bits per heavy atom. The Morgan fingerprint density at radius 2 is 2.45 bits per heavy atom. The molecular formula is C9H9NO. The second kappa shape index (κ2) is 1.76. The van der Waals surface area contributed by atoms with Gasteiger partial charge in [-0.3, -0.25) is 0 Å². The minimum atomic E-state index is 0.458.